The van der Waals surface area contributed by atoms with E-state index < -0.39 is 5.97 Å². The molecule has 0 spiro atoms. The number of aryl methyl sites for hydroxylation is 1. The summed E-state index contributed by atoms with van der Waals surface area (Å²) in [6.45, 7) is 0.445. The lowest BCUT2D eigenvalue weighted by molar-refractivity contribution is 0.0696. The Morgan fingerprint density at radius 3 is 2.72 bits per heavy atom. The number of carboxylic acids is 1. The Bertz CT molecular complexity index is 1020. The number of fused-ring (bicyclic) bond motifs is 3. The minimum absolute atomic E-state index is 0.112. The van der Waals surface area contributed by atoms with Crippen LogP contribution in [-0.2, 0) is 13.0 Å². The van der Waals surface area contributed by atoms with E-state index >= 15 is 0 Å². The molecule has 25 heavy (non-hydrogen) atoms. The van der Waals surface area contributed by atoms with Crippen molar-refractivity contribution < 1.29 is 14.7 Å². The predicted octanol–water partition coefficient (Wildman–Crippen LogP) is 4.56. The largest absolute Gasteiger partial charge is 0.478 e. The maximum Gasteiger partial charge on any atom is 0.335 e. The Balaban J connectivity index is 1.98. The van der Waals surface area contributed by atoms with Gasteiger partial charge in [0.25, 0.3) is 0 Å². The molecule has 4 rings (SSSR count). The number of aromatic carboxylic acids is 1. The van der Waals surface area contributed by atoms with Gasteiger partial charge in [0.15, 0.2) is 5.78 Å². The Labute approximate surface area is 149 Å². The summed E-state index contributed by atoms with van der Waals surface area (Å²) in [4.78, 5) is 24.0. The Morgan fingerprint density at radius 2 is 1.96 bits per heavy atom. The number of ketones is 1. The molecule has 0 atom stereocenters. The molecule has 1 aliphatic rings. The second-order valence-corrected chi connectivity index (χ2v) is 6.73. The summed E-state index contributed by atoms with van der Waals surface area (Å²) in [6, 6.07) is 12.6. The van der Waals surface area contributed by atoms with E-state index in [0.717, 1.165) is 34.9 Å². The molecule has 0 radical (unpaired) electrons. The molecular formula is C20H16ClNO3. The van der Waals surface area contributed by atoms with Crippen LogP contribution < -0.4 is 0 Å². The number of Topliss-reactive ketones (excluding diaryl/α,β-unsaturated/α-hetero) is 1. The van der Waals surface area contributed by atoms with Gasteiger partial charge in [-0.25, -0.2) is 4.79 Å². The van der Waals surface area contributed by atoms with Crippen molar-refractivity contribution in [2.24, 2.45) is 0 Å². The van der Waals surface area contributed by atoms with Gasteiger partial charge in [0.05, 0.1) is 16.8 Å². The highest BCUT2D eigenvalue weighted by Crippen LogP contribution is 2.34. The third-order valence-electron chi connectivity index (χ3n) is 4.80. The first-order valence-electron chi connectivity index (χ1n) is 8.21. The molecule has 126 valence electrons. The lowest BCUT2D eigenvalue weighted by Gasteiger charge is -2.15. The Kier molecular flexibility index (Phi) is 3.85. The first kappa shape index (κ1) is 15.9. The predicted molar refractivity (Wildman–Crippen MR) is 96.7 cm³/mol. The molecule has 1 N–H and O–H groups in total. The molecule has 1 aromatic heterocycles. The summed E-state index contributed by atoms with van der Waals surface area (Å²) in [5.74, 6) is -0.863. The topological polar surface area (TPSA) is 59.3 Å². The lowest BCUT2D eigenvalue weighted by Crippen LogP contribution is -2.16. The van der Waals surface area contributed by atoms with Gasteiger partial charge in [0.1, 0.15) is 0 Å². The normalized spacial score (nSPS) is 13.9. The number of aromatic nitrogens is 1. The summed E-state index contributed by atoms with van der Waals surface area (Å²) >= 11 is 6.30. The van der Waals surface area contributed by atoms with Gasteiger partial charge in [-0.2, -0.15) is 0 Å². The highest BCUT2D eigenvalue weighted by molar-refractivity contribution is 6.31. The van der Waals surface area contributed by atoms with E-state index in [1.807, 2.05) is 34.9 Å². The lowest BCUT2D eigenvalue weighted by atomic mass is 9.94. The number of hydrogen-bond donors (Lipinski definition) is 1. The average molecular weight is 354 g/mol. The highest BCUT2D eigenvalue weighted by Gasteiger charge is 2.26. The van der Waals surface area contributed by atoms with Gasteiger partial charge in [-0.1, -0.05) is 35.9 Å². The number of benzene rings is 2. The zero-order valence-electron chi connectivity index (χ0n) is 13.5. The second-order valence-electron chi connectivity index (χ2n) is 6.32. The van der Waals surface area contributed by atoms with E-state index in [2.05, 4.69) is 0 Å². The van der Waals surface area contributed by atoms with E-state index in [9.17, 15) is 14.7 Å². The molecule has 0 unspecified atom stereocenters. The fourth-order valence-electron chi connectivity index (χ4n) is 3.63. The van der Waals surface area contributed by atoms with Crippen LogP contribution in [0.4, 0.5) is 0 Å². The van der Waals surface area contributed by atoms with Gasteiger partial charge in [0, 0.05) is 23.4 Å². The third kappa shape index (κ3) is 2.63. The zero-order chi connectivity index (χ0) is 17.6. The van der Waals surface area contributed by atoms with Gasteiger partial charge in [-0.05, 0) is 42.2 Å². The van der Waals surface area contributed by atoms with Crippen molar-refractivity contribution in [2.45, 2.75) is 25.8 Å². The van der Waals surface area contributed by atoms with Gasteiger partial charge in [-0.3, -0.25) is 4.79 Å². The minimum atomic E-state index is -0.975. The van der Waals surface area contributed by atoms with Crippen LogP contribution in [0.2, 0.25) is 5.02 Å². The maximum atomic E-state index is 12.6. The van der Waals surface area contributed by atoms with E-state index in [0.29, 0.717) is 23.7 Å². The summed E-state index contributed by atoms with van der Waals surface area (Å²) in [5, 5.41) is 10.9. The molecular weight excluding hydrogens is 338 g/mol. The standard InChI is InChI=1S/C20H16ClNO3/c21-16-6-2-1-4-13(16)11-22-17-10-12(20(24)25)8-9-14(17)15-5-3-7-18(23)19(15)22/h1-2,4,6,8-10H,3,5,7,11H2,(H,24,25). The zero-order valence-corrected chi connectivity index (χ0v) is 14.2. The van der Waals surface area contributed by atoms with E-state index in [4.69, 9.17) is 11.6 Å². The fraction of sp³-hybridized carbons (Fsp3) is 0.200. The Morgan fingerprint density at radius 1 is 1.16 bits per heavy atom. The van der Waals surface area contributed by atoms with Crippen molar-refractivity contribution in [1.29, 1.82) is 0 Å². The smallest absolute Gasteiger partial charge is 0.335 e. The molecule has 4 nitrogen and oxygen atoms in total. The van der Waals surface area contributed by atoms with Crippen molar-refractivity contribution in [3.05, 3.63) is 69.9 Å². The van der Waals surface area contributed by atoms with Crippen LogP contribution in [0.1, 0.15) is 44.8 Å². The van der Waals surface area contributed by atoms with Crippen LogP contribution in [0.15, 0.2) is 42.5 Å². The SMILES string of the molecule is O=C(O)c1ccc2c3c(n(Cc4ccccc4Cl)c2c1)C(=O)CCC3. The number of halogens is 1. The summed E-state index contributed by atoms with van der Waals surface area (Å²) in [5.41, 5.74) is 3.62. The maximum absolute atomic E-state index is 12.6. The van der Waals surface area contributed by atoms with Crippen LogP contribution in [0, 0.1) is 0 Å². The van der Waals surface area contributed by atoms with Crippen molar-refractivity contribution in [3.63, 3.8) is 0 Å². The fourth-order valence-corrected chi connectivity index (χ4v) is 3.83. The van der Waals surface area contributed by atoms with Gasteiger partial charge < -0.3 is 9.67 Å². The van der Waals surface area contributed by atoms with Crippen molar-refractivity contribution in [2.75, 3.05) is 0 Å². The second kappa shape index (κ2) is 6.05. The van der Waals surface area contributed by atoms with Gasteiger partial charge in [-0.15, -0.1) is 0 Å². The van der Waals surface area contributed by atoms with Crippen molar-refractivity contribution >= 4 is 34.3 Å². The number of carbonyl (C=O) groups excluding carboxylic acids is 1. The Hall–Kier alpha value is -2.59. The number of hydrogen-bond acceptors (Lipinski definition) is 2. The molecule has 0 aliphatic heterocycles. The van der Waals surface area contributed by atoms with Crippen LogP contribution in [0.25, 0.3) is 10.9 Å². The minimum Gasteiger partial charge on any atom is -0.478 e. The molecule has 1 aliphatic carbocycles. The van der Waals surface area contributed by atoms with Gasteiger partial charge >= 0.3 is 5.97 Å². The monoisotopic (exact) mass is 353 g/mol. The van der Waals surface area contributed by atoms with Crippen molar-refractivity contribution in [3.8, 4) is 0 Å². The first-order chi connectivity index (χ1) is 12.1. The van der Waals surface area contributed by atoms with E-state index in [1.54, 1.807) is 12.1 Å². The third-order valence-corrected chi connectivity index (χ3v) is 5.17. The number of nitrogens with zero attached hydrogens (tertiary/aromatic N) is 1. The molecule has 0 bridgehead atoms. The van der Waals surface area contributed by atoms with E-state index in [-0.39, 0.29) is 11.3 Å². The molecule has 0 saturated carbocycles. The average Bonchev–Trinajstić information content (AvgIpc) is 2.91. The number of carboxylic acid groups (broad SMARTS) is 1. The van der Waals surface area contributed by atoms with Crippen LogP contribution in [0.3, 0.4) is 0 Å². The first-order valence-corrected chi connectivity index (χ1v) is 8.59. The molecule has 5 heteroatoms. The molecule has 2 aromatic carbocycles. The molecule has 1 heterocycles. The van der Waals surface area contributed by atoms with Gasteiger partial charge in [0.2, 0.25) is 0 Å². The number of carbonyl (C=O) groups is 2. The van der Waals surface area contributed by atoms with Crippen LogP contribution in [0.5, 0.6) is 0 Å². The van der Waals surface area contributed by atoms with Crippen molar-refractivity contribution in [1.82, 2.24) is 4.57 Å². The quantitative estimate of drug-likeness (QED) is 0.750. The molecule has 0 saturated heterocycles. The highest BCUT2D eigenvalue weighted by atomic mass is 35.5. The van der Waals surface area contributed by atoms with E-state index in [1.165, 1.54) is 0 Å². The molecule has 0 fully saturated rings. The summed E-state index contributed by atoms with van der Waals surface area (Å²) < 4.78 is 1.93. The molecule has 3 aromatic rings. The molecule has 0 amide bonds. The summed E-state index contributed by atoms with van der Waals surface area (Å²) in [7, 11) is 0. The summed E-state index contributed by atoms with van der Waals surface area (Å²) in [6.07, 6.45) is 2.19. The van der Waals surface area contributed by atoms with Crippen LogP contribution in [-0.4, -0.2) is 21.4 Å². The van der Waals surface area contributed by atoms with Crippen LogP contribution >= 0.6 is 11.6 Å². The number of rotatable bonds is 3.